The lowest BCUT2D eigenvalue weighted by Crippen LogP contribution is -2.38. The molecule has 1 aromatic rings. The Bertz CT molecular complexity index is 448. The Morgan fingerprint density at radius 2 is 1.95 bits per heavy atom. The van der Waals surface area contributed by atoms with E-state index in [1.165, 1.54) is 7.11 Å². The molecule has 7 nitrogen and oxygen atoms in total. The largest absolute Gasteiger partial charge is 0.493 e. The van der Waals surface area contributed by atoms with Crippen LogP contribution in [0.3, 0.4) is 0 Å². The quantitative estimate of drug-likeness (QED) is 0.624. The standard InChI is InChI=1S/C12H15NO6/c1-18-9-4-2-3-5-10(9)19-7-11(15)13-6-8(14)12(16)17/h2-5,8,14H,6-7H2,1H3,(H,13,15)(H,16,17)/t8-/m0/s1. The van der Waals surface area contributed by atoms with Crippen molar-refractivity contribution in [2.75, 3.05) is 20.3 Å². The van der Waals surface area contributed by atoms with Crippen LogP contribution >= 0.6 is 0 Å². The Kier molecular flexibility index (Phi) is 5.62. The number of nitrogens with one attached hydrogen (secondary N) is 1. The Morgan fingerprint density at radius 1 is 1.32 bits per heavy atom. The van der Waals surface area contributed by atoms with E-state index in [-0.39, 0.29) is 13.2 Å². The van der Waals surface area contributed by atoms with Gasteiger partial charge in [-0.25, -0.2) is 4.79 Å². The minimum Gasteiger partial charge on any atom is -0.493 e. The fourth-order valence-electron chi connectivity index (χ4n) is 1.23. The van der Waals surface area contributed by atoms with Crippen LogP contribution in [0.4, 0.5) is 0 Å². The SMILES string of the molecule is COc1ccccc1OCC(=O)NC[C@H](O)C(=O)O. The van der Waals surface area contributed by atoms with Gasteiger partial charge in [-0.1, -0.05) is 12.1 Å². The number of aliphatic hydroxyl groups is 1. The number of aliphatic carboxylic acids is 1. The van der Waals surface area contributed by atoms with Crippen LogP contribution in [0.5, 0.6) is 11.5 Å². The van der Waals surface area contributed by atoms with Crippen LogP contribution in [-0.4, -0.2) is 48.5 Å². The lowest BCUT2D eigenvalue weighted by Gasteiger charge is -2.11. The Morgan fingerprint density at radius 3 is 2.53 bits per heavy atom. The van der Waals surface area contributed by atoms with Crippen LogP contribution < -0.4 is 14.8 Å². The topological polar surface area (TPSA) is 105 Å². The molecule has 0 aliphatic carbocycles. The van der Waals surface area contributed by atoms with Gasteiger partial charge in [0.1, 0.15) is 0 Å². The van der Waals surface area contributed by atoms with Gasteiger partial charge in [0.15, 0.2) is 24.2 Å². The molecule has 1 atom stereocenters. The average Bonchev–Trinajstić information content (AvgIpc) is 2.42. The van der Waals surface area contributed by atoms with E-state index in [1.54, 1.807) is 24.3 Å². The van der Waals surface area contributed by atoms with Gasteiger partial charge in [0.25, 0.3) is 5.91 Å². The molecule has 1 aromatic carbocycles. The summed E-state index contributed by atoms with van der Waals surface area (Å²) < 4.78 is 10.2. The number of carboxylic acids is 1. The summed E-state index contributed by atoms with van der Waals surface area (Å²) in [5.41, 5.74) is 0. The number of ether oxygens (including phenoxy) is 2. The third-order valence-electron chi connectivity index (χ3n) is 2.21. The normalized spacial score (nSPS) is 11.5. The fourth-order valence-corrected chi connectivity index (χ4v) is 1.23. The second-order valence-electron chi connectivity index (χ2n) is 3.60. The molecule has 0 fully saturated rings. The van der Waals surface area contributed by atoms with E-state index in [2.05, 4.69) is 5.32 Å². The van der Waals surface area contributed by atoms with Gasteiger partial charge in [-0.15, -0.1) is 0 Å². The van der Waals surface area contributed by atoms with Gasteiger partial charge in [0.05, 0.1) is 13.7 Å². The van der Waals surface area contributed by atoms with Crippen LogP contribution in [0.2, 0.25) is 0 Å². The fraction of sp³-hybridized carbons (Fsp3) is 0.333. The Hall–Kier alpha value is -2.28. The molecule has 0 heterocycles. The summed E-state index contributed by atoms with van der Waals surface area (Å²) in [5.74, 6) is -1.04. The number of carboxylic acid groups (broad SMARTS) is 1. The summed E-state index contributed by atoms with van der Waals surface area (Å²) in [4.78, 5) is 21.7. The molecule has 0 bridgehead atoms. The van der Waals surface area contributed by atoms with Crippen molar-refractivity contribution < 1.29 is 29.3 Å². The number of rotatable bonds is 7. The molecule has 0 aromatic heterocycles. The molecule has 3 N–H and O–H groups in total. The first kappa shape index (κ1) is 14.8. The molecule has 0 radical (unpaired) electrons. The Balaban J connectivity index is 2.40. The first-order valence-electron chi connectivity index (χ1n) is 5.48. The van der Waals surface area contributed by atoms with E-state index in [9.17, 15) is 9.59 Å². The number of amides is 1. The lowest BCUT2D eigenvalue weighted by atomic mass is 10.3. The molecule has 19 heavy (non-hydrogen) atoms. The highest BCUT2D eigenvalue weighted by Crippen LogP contribution is 2.25. The third-order valence-corrected chi connectivity index (χ3v) is 2.21. The zero-order chi connectivity index (χ0) is 14.3. The summed E-state index contributed by atoms with van der Waals surface area (Å²) in [6.45, 7) is -0.670. The molecule has 104 valence electrons. The van der Waals surface area contributed by atoms with Crippen LogP contribution in [-0.2, 0) is 9.59 Å². The highest BCUT2D eigenvalue weighted by molar-refractivity contribution is 5.79. The van der Waals surface area contributed by atoms with Crippen LogP contribution in [0.15, 0.2) is 24.3 Å². The molecule has 1 amide bonds. The highest BCUT2D eigenvalue weighted by atomic mass is 16.5. The number of para-hydroxylation sites is 2. The minimum absolute atomic E-state index is 0.299. The molecule has 0 unspecified atom stereocenters. The highest BCUT2D eigenvalue weighted by Gasteiger charge is 2.14. The van der Waals surface area contributed by atoms with Crippen LogP contribution in [0.1, 0.15) is 0 Å². The van der Waals surface area contributed by atoms with E-state index < -0.39 is 18.0 Å². The van der Waals surface area contributed by atoms with E-state index >= 15 is 0 Å². The molecule has 1 rings (SSSR count). The maximum atomic E-state index is 11.4. The van der Waals surface area contributed by atoms with Gasteiger partial charge < -0.3 is 25.0 Å². The van der Waals surface area contributed by atoms with Gasteiger partial charge >= 0.3 is 5.97 Å². The van der Waals surface area contributed by atoms with Gasteiger partial charge in [0, 0.05) is 0 Å². The summed E-state index contributed by atoms with van der Waals surface area (Å²) in [7, 11) is 1.48. The maximum absolute atomic E-state index is 11.4. The predicted octanol–water partition coefficient (Wildman–Crippen LogP) is -0.364. The average molecular weight is 269 g/mol. The molecule has 0 spiro atoms. The number of hydrogen-bond donors (Lipinski definition) is 3. The van der Waals surface area contributed by atoms with Crippen LogP contribution in [0, 0.1) is 0 Å². The monoisotopic (exact) mass is 269 g/mol. The zero-order valence-electron chi connectivity index (χ0n) is 10.3. The number of hydrogen-bond acceptors (Lipinski definition) is 5. The predicted molar refractivity (Wildman–Crippen MR) is 65.1 cm³/mol. The van der Waals surface area contributed by atoms with Gasteiger partial charge in [-0.3, -0.25) is 4.79 Å². The van der Waals surface area contributed by atoms with Crippen molar-refractivity contribution in [2.24, 2.45) is 0 Å². The molecular formula is C12H15NO6. The smallest absolute Gasteiger partial charge is 0.334 e. The number of carbonyl (C=O) groups is 2. The second kappa shape index (κ2) is 7.22. The molecule has 0 saturated heterocycles. The van der Waals surface area contributed by atoms with Gasteiger partial charge in [-0.05, 0) is 12.1 Å². The van der Waals surface area contributed by atoms with Gasteiger partial charge in [-0.2, -0.15) is 0 Å². The van der Waals surface area contributed by atoms with Gasteiger partial charge in [0.2, 0.25) is 0 Å². The zero-order valence-corrected chi connectivity index (χ0v) is 10.3. The summed E-state index contributed by atoms with van der Waals surface area (Å²) >= 11 is 0. The number of methoxy groups -OCH3 is 1. The minimum atomic E-state index is -1.63. The molecular weight excluding hydrogens is 254 g/mol. The summed E-state index contributed by atoms with van der Waals surface area (Å²) in [6, 6.07) is 6.80. The van der Waals surface area contributed by atoms with Crippen molar-refractivity contribution in [3.8, 4) is 11.5 Å². The van der Waals surface area contributed by atoms with E-state index in [0.29, 0.717) is 11.5 Å². The molecule has 0 aliphatic heterocycles. The van der Waals surface area contributed by atoms with Crippen molar-refractivity contribution in [1.29, 1.82) is 0 Å². The van der Waals surface area contributed by atoms with Crippen molar-refractivity contribution in [3.05, 3.63) is 24.3 Å². The Labute approximate surface area is 109 Å². The van der Waals surface area contributed by atoms with E-state index in [4.69, 9.17) is 19.7 Å². The first-order valence-corrected chi connectivity index (χ1v) is 5.48. The van der Waals surface area contributed by atoms with Crippen molar-refractivity contribution in [1.82, 2.24) is 5.32 Å². The third kappa shape index (κ3) is 4.84. The van der Waals surface area contributed by atoms with Crippen LogP contribution in [0.25, 0.3) is 0 Å². The summed E-state index contributed by atoms with van der Waals surface area (Å²) in [5, 5.41) is 19.6. The molecule has 0 saturated carbocycles. The van der Waals surface area contributed by atoms with Crippen molar-refractivity contribution in [3.63, 3.8) is 0 Å². The maximum Gasteiger partial charge on any atom is 0.334 e. The summed E-state index contributed by atoms with van der Waals surface area (Å²) in [6.07, 6.45) is -1.63. The van der Waals surface area contributed by atoms with E-state index in [0.717, 1.165) is 0 Å². The lowest BCUT2D eigenvalue weighted by molar-refractivity contribution is -0.146. The van der Waals surface area contributed by atoms with Crippen molar-refractivity contribution in [2.45, 2.75) is 6.10 Å². The number of benzene rings is 1. The number of aliphatic hydroxyl groups excluding tert-OH is 1. The molecule has 0 aliphatic rings. The molecule has 7 heteroatoms. The second-order valence-corrected chi connectivity index (χ2v) is 3.60. The first-order chi connectivity index (χ1) is 9.04. The van der Waals surface area contributed by atoms with E-state index in [1.807, 2.05) is 0 Å². The van der Waals surface area contributed by atoms with Crippen molar-refractivity contribution >= 4 is 11.9 Å². The number of carbonyl (C=O) groups excluding carboxylic acids is 1.